The highest BCUT2D eigenvalue weighted by atomic mass is 32.1. The zero-order valence-corrected chi connectivity index (χ0v) is 25.5. The molecule has 0 aliphatic carbocycles. The van der Waals surface area contributed by atoms with E-state index in [-0.39, 0.29) is 18.8 Å². The van der Waals surface area contributed by atoms with Gasteiger partial charge >= 0.3 is 0 Å². The number of ether oxygens (including phenoxy) is 5. The van der Waals surface area contributed by atoms with Gasteiger partial charge in [-0.3, -0.25) is 10.1 Å². The largest absolute Gasteiger partial charge is 0.394 e. The van der Waals surface area contributed by atoms with Gasteiger partial charge in [0.1, 0.15) is 30.6 Å². The monoisotopic (exact) mass is 594 g/mol. The molecule has 0 aromatic carbocycles. The Morgan fingerprint density at radius 3 is 2.20 bits per heavy atom. The average Bonchev–Trinajstić information content (AvgIpc) is 3.60. The Bertz CT molecular complexity index is 830. The van der Waals surface area contributed by atoms with E-state index in [0.717, 1.165) is 0 Å². The Morgan fingerprint density at radius 2 is 1.68 bits per heavy atom. The highest BCUT2D eigenvalue weighted by Crippen LogP contribution is 2.42. The Labute approximate surface area is 242 Å². The van der Waals surface area contributed by atoms with Crippen LogP contribution in [-0.2, 0) is 28.5 Å². The van der Waals surface area contributed by atoms with Crippen molar-refractivity contribution in [2.45, 2.75) is 134 Å². The van der Waals surface area contributed by atoms with Gasteiger partial charge in [-0.2, -0.15) is 12.6 Å². The molecule has 0 saturated carbocycles. The van der Waals surface area contributed by atoms with Gasteiger partial charge < -0.3 is 49.4 Å². The van der Waals surface area contributed by atoms with Crippen LogP contribution in [0.4, 0.5) is 0 Å². The summed E-state index contributed by atoms with van der Waals surface area (Å²) in [6.07, 6.45) is -9.25. The predicted octanol–water partition coefficient (Wildman–Crippen LogP) is -0.0970. The van der Waals surface area contributed by atoms with Gasteiger partial charge in [0.05, 0.1) is 36.6 Å². The quantitative estimate of drug-likeness (QED) is 0.126. The molecule has 0 aromatic heterocycles. The zero-order chi connectivity index (χ0) is 30.0. The third kappa shape index (κ3) is 8.28. The molecule has 13 heteroatoms. The second-order valence-corrected chi connectivity index (χ2v) is 13.1. The summed E-state index contributed by atoms with van der Waals surface area (Å²) in [4.78, 5) is 13.2. The van der Waals surface area contributed by atoms with Crippen molar-refractivity contribution in [2.24, 2.45) is 11.3 Å². The fourth-order valence-corrected chi connectivity index (χ4v) is 5.42. The summed E-state index contributed by atoms with van der Waals surface area (Å²) >= 11 is 4.15. The van der Waals surface area contributed by atoms with Crippen molar-refractivity contribution in [1.29, 1.82) is 0 Å². The number of carbonyl (C=O) groups excluding carboxylic acids is 1. The van der Waals surface area contributed by atoms with Crippen molar-refractivity contribution in [3.05, 3.63) is 0 Å². The molecule has 3 rings (SSSR count). The Hall–Kier alpha value is -0.580. The third-order valence-electron chi connectivity index (χ3n) is 8.02. The molecule has 3 saturated heterocycles. The minimum atomic E-state index is -1.51. The van der Waals surface area contributed by atoms with Gasteiger partial charge in [0.15, 0.2) is 12.6 Å². The van der Waals surface area contributed by atoms with E-state index in [1.165, 1.54) is 0 Å². The lowest BCUT2D eigenvalue weighted by molar-refractivity contribution is -0.311. The molecular weight excluding hydrogens is 544 g/mol. The van der Waals surface area contributed by atoms with Crippen LogP contribution in [0.25, 0.3) is 0 Å². The first-order valence-electron chi connectivity index (χ1n) is 14.2. The lowest BCUT2D eigenvalue weighted by atomic mass is 9.68. The Balaban J connectivity index is 1.88. The molecule has 0 radical (unpaired) electrons. The highest BCUT2D eigenvalue weighted by Gasteiger charge is 2.54. The van der Waals surface area contributed by atoms with Crippen LogP contribution < -0.4 is 10.6 Å². The lowest BCUT2D eigenvalue weighted by Crippen LogP contribution is -2.63. The maximum atomic E-state index is 13.2. The molecule has 9 unspecified atom stereocenters. The van der Waals surface area contributed by atoms with Crippen molar-refractivity contribution < 1.29 is 48.9 Å². The number of carbonyl (C=O) groups is 1. The van der Waals surface area contributed by atoms with Gasteiger partial charge in [0.25, 0.3) is 0 Å². The fourth-order valence-electron chi connectivity index (χ4n) is 5.31. The predicted molar refractivity (Wildman–Crippen MR) is 148 cm³/mol. The topological polar surface area (TPSA) is 172 Å². The number of hydrogen-bond acceptors (Lipinski definition) is 12. The zero-order valence-electron chi connectivity index (χ0n) is 24.6. The molecule has 234 valence electrons. The molecule has 3 fully saturated rings. The van der Waals surface area contributed by atoms with E-state index in [0.29, 0.717) is 18.7 Å². The number of thiol groups is 1. The minimum absolute atomic E-state index is 0.0227. The molecule has 0 spiro atoms. The first kappa shape index (κ1) is 33.9. The number of aliphatic hydroxyl groups is 4. The number of nitrogens with one attached hydrogen (secondary N) is 2. The number of hydrogen-bond donors (Lipinski definition) is 7. The van der Waals surface area contributed by atoms with Crippen LogP contribution in [0.2, 0.25) is 0 Å². The van der Waals surface area contributed by atoms with Gasteiger partial charge in [-0.15, -0.1) is 0 Å². The van der Waals surface area contributed by atoms with Gasteiger partial charge in [-0.05, 0) is 39.5 Å². The number of epoxide rings is 1. The van der Waals surface area contributed by atoms with Crippen LogP contribution >= 0.6 is 12.6 Å². The standard InChI is InChI=1S/C27H50N2O10S/c1-8-27(6,7)17-19(32)20(33)25(38-21(17)22(34)28-9-10-40)36-15-11-14(29-23-13(2)35-23)24(39-26(3,4)5)37-16(12-30)18(15)31/h13-21,23-25,29-33,40H,8-12H2,1-7H3,(H,28,34)/t13?,14?,15?,16?,17-,18-,19?,20?,21?,23?,24?,25+/m0/s1. The van der Waals surface area contributed by atoms with E-state index >= 15 is 0 Å². The highest BCUT2D eigenvalue weighted by molar-refractivity contribution is 7.80. The molecule has 1 amide bonds. The number of aliphatic hydroxyl groups excluding tert-OH is 4. The van der Waals surface area contributed by atoms with Crippen molar-refractivity contribution in [3.63, 3.8) is 0 Å². The summed E-state index contributed by atoms with van der Waals surface area (Å²) in [5, 5.41) is 49.8. The summed E-state index contributed by atoms with van der Waals surface area (Å²) in [6, 6.07) is -0.530. The van der Waals surface area contributed by atoms with Crippen LogP contribution in [0.1, 0.15) is 61.3 Å². The molecule has 3 heterocycles. The normalized spacial score (nSPS) is 40.9. The molecule has 40 heavy (non-hydrogen) atoms. The van der Waals surface area contributed by atoms with Crippen LogP contribution in [0.3, 0.4) is 0 Å². The molecule has 3 aliphatic heterocycles. The fraction of sp³-hybridized carbons (Fsp3) is 0.963. The van der Waals surface area contributed by atoms with Crippen LogP contribution in [0, 0.1) is 11.3 Å². The Kier molecular flexibility index (Phi) is 11.7. The molecule has 3 aliphatic rings. The molecule has 12 nitrogen and oxygen atoms in total. The lowest BCUT2D eigenvalue weighted by Gasteiger charge is -2.49. The Morgan fingerprint density at radius 1 is 1.02 bits per heavy atom. The molecule has 0 bridgehead atoms. The third-order valence-corrected chi connectivity index (χ3v) is 8.24. The summed E-state index contributed by atoms with van der Waals surface area (Å²) in [5.41, 5.74) is -1.16. The van der Waals surface area contributed by atoms with Crippen molar-refractivity contribution >= 4 is 18.5 Å². The minimum Gasteiger partial charge on any atom is -0.394 e. The van der Waals surface area contributed by atoms with Crippen LogP contribution in [0.5, 0.6) is 0 Å². The summed E-state index contributed by atoms with van der Waals surface area (Å²) in [5.74, 6) is -0.763. The SMILES string of the molecule is CCC(C)(C)[C@@H]1C(C(=O)NCCS)O[C@@H](OC2CC(NC3OC3C)C(OC(C)(C)C)OC(CO)[C@H]2O)C(O)C1O. The van der Waals surface area contributed by atoms with E-state index in [2.05, 4.69) is 23.3 Å². The molecular formula is C27H50N2O10S. The van der Waals surface area contributed by atoms with E-state index in [9.17, 15) is 25.2 Å². The average molecular weight is 595 g/mol. The summed E-state index contributed by atoms with van der Waals surface area (Å²) < 4.78 is 29.9. The molecule has 0 aromatic rings. The summed E-state index contributed by atoms with van der Waals surface area (Å²) in [7, 11) is 0. The van der Waals surface area contributed by atoms with E-state index in [1.807, 2.05) is 48.5 Å². The van der Waals surface area contributed by atoms with E-state index in [1.54, 1.807) is 0 Å². The molecule has 12 atom stereocenters. The second kappa shape index (κ2) is 13.8. The first-order valence-corrected chi connectivity index (χ1v) is 14.9. The first-order chi connectivity index (χ1) is 18.6. The van der Waals surface area contributed by atoms with Gasteiger partial charge in [-0.25, -0.2) is 0 Å². The van der Waals surface area contributed by atoms with Crippen LogP contribution in [0.15, 0.2) is 0 Å². The maximum absolute atomic E-state index is 13.2. The van der Waals surface area contributed by atoms with Crippen LogP contribution in [-0.4, -0.2) is 118 Å². The van der Waals surface area contributed by atoms with Crippen molar-refractivity contribution in [3.8, 4) is 0 Å². The summed E-state index contributed by atoms with van der Waals surface area (Å²) in [6.45, 7) is 13.0. The van der Waals surface area contributed by atoms with Gasteiger partial charge in [-0.1, -0.05) is 27.2 Å². The maximum Gasteiger partial charge on any atom is 0.249 e. The van der Waals surface area contributed by atoms with Crippen molar-refractivity contribution in [1.82, 2.24) is 10.6 Å². The van der Waals surface area contributed by atoms with Gasteiger partial charge in [0.2, 0.25) is 5.91 Å². The number of amides is 1. The number of rotatable bonds is 11. The van der Waals surface area contributed by atoms with Gasteiger partial charge in [0, 0.05) is 18.2 Å². The smallest absolute Gasteiger partial charge is 0.249 e. The van der Waals surface area contributed by atoms with E-state index < -0.39 is 84.7 Å². The van der Waals surface area contributed by atoms with E-state index in [4.69, 9.17) is 23.7 Å². The van der Waals surface area contributed by atoms with Crippen molar-refractivity contribution in [2.75, 3.05) is 18.9 Å². The molecule has 6 N–H and O–H groups in total. The second-order valence-electron chi connectivity index (χ2n) is 12.7.